The van der Waals surface area contributed by atoms with Crippen LogP contribution in [0.1, 0.15) is 49.4 Å². The van der Waals surface area contributed by atoms with E-state index in [0.717, 1.165) is 6.42 Å². The van der Waals surface area contributed by atoms with Gasteiger partial charge in [-0.2, -0.15) is 0 Å². The standard InChI is InChI=1S/C20H28ClF2NO2/c1-5-8-15(9-6-2)20(22,23)12-7-13-26-16-10-11-17(18(21)14-16)19(25)24(3)4/h5,10-11,14-15H,1,6-9,12-13H2,2-4H3. The Labute approximate surface area is 160 Å². The van der Waals surface area contributed by atoms with E-state index in [1.807, 2.05) is 6.92 Å². The van der Waals surface area contributed by atoms with Gasteiger partial charge in [0.05, 0.1) is 17.2 Å². The minimum atomic E-state index is -2.73. The average molecular weight is 388 g/mol. The summed E-state index contributed by atoms with van der Waals surface area (Å²) in [6.07, 6.45) is 3.09. The van der Waals surface area contributed by atoms with Gasteiger partial charge in [0.15, 0.2) is 0 Å². The van der Waals surface area contributed by atoms with E-state index in [9.17, 15) is 13.6 Å². The Morgan fingerprint density at radius 2 is 2.12 bits per heavy atom. The topological polar surface area (TPSA) is 29.5 Å². The second-order valence-corrected chi connectivity index (χ2v) is 6.97. The number of ether oxygens (including phenoxy) is 1. The summed E-state index contributed by atoms with van der Waals surface area (Å²) in [7, 11) is 3.28. The molecule has 0 bridgehead atoms. The van der Waals surface area contributed by atoms with Crippen LogP contribution in [-0.4, -0.2) is 37.4 Å². The van der Waals surface area contributed by atoms with Crippen molar-refractivity contribution in [2.45, 2.75) is 45.0 Å². The summed E-state index contributed by atoms with van der Waals surface area (Å²) >= 11 is 6.11. The molecule has 0 aromatic heterocycles. The lowest BCUT2D eigenvalue weighted by Crippen LogP contribution is -2.28. The predicted molar refractivity (Wildman–Crippen MR) is 102 cm³/mol. The van der Waals surface area contributed by atoms with Gasteiger partial charge in [-0.3, -0.25) is 4.79 Å². The zero-order valence-corrected chi connectivity index (χ0v) is 16.5. The van der Waals surface area contributed by atoms with Gasteiger partial charge in [0.25, 0.3) is 11.8 Å². The number of carbonyl (C=O) groups is 1. The maximum absolute atomic E-state index is 14.3. The molecule has 6 heteroatoms. The summed E-state index contributed by atoms with van der Waals surface area (Å²) in [6, 6.07) is 4.74. The van der Waals surface area contributed by atoms with E-state index in [4.69, 9.17) is 16.3 Å². The molecule has 146 valence electrons. The highest BCUT2D eigenvalue weighted by Crippen LogP contribution is 2.35. The van der Waals surface area contributed by atoms with Crippen LogP contribution < -0.4 is 4.74 Å². The van der Waals surface area contributed by atoms with E-state index in [0.29, 0.717) is 24.2 Å². The fraction of sp³-hybridized carbons (Fsp3) is 0.550. The van der Waals surface area contributed by atoms with Crippen molar-refractivity contribution in [3.05, 3.63) is 41.4 Å². The molecule has 26 heavy (non-hydrogen) atoms. The molecule has 1 aromatic carbocycles. The van der Waals surface area contributed by atoms with Gasteiger partial charge >= 0.3 is 0 Å². The second kappa shape index (κ2) is 10.5. The summed E-state index contributed by atoms with van der Waals surface area (Å²) in [6.45, 7) is 5.65. The maximum Gasteiger partial charge on any atom is 0.254 e. The summed E-state index contributed by atoms with van der Waals surface area (Å²) < 4.78 is 34.1. The number of hydrogen-bond donors (Lipinski definition) is 0. The smallest absolute Gasteiger partial charge is 0.254 e. The molecule has 0 aliphatic rings. The first-order valence-electron chi connectivity index (χ1n) is 8.85. The molecule has 0 fully saturated rings. The maximum atomic E-state index is 14.3. The van der Waals surface area contributed by atoms with Crippen LogP contribution in [-0.2, 0) is 0 Å². The lowest BCUT2D eigenvalue weighted by molar-refractivity contribution is -0.0705. The number of nitrogens with zero attached hydrogens (tertiary/aromatic N) is 1. The van der Waals surface area contributed by atoms with Crippen LogP contribution in [0.3, 0.4) is 0 Å². The van der Waals surface area contributed by atoms with E-state index < -0.39 is 11.8 Å². The fourth-order valence-corrected chi connectivity index (χ4v) is 3.00. The van der Waals surface area contributed by atoms with Gasteiger partial charge in [0.1, 0.15) is 5.75 Å². The predicted octanol–water partition coefficient (Wildman–Crippen LogP) is 5.83. The molecule has 0 radical (unpaired) electrons. The van der Waals surface area contributed by atoms with E-state index in [-0.39, 0.29) is 30.4 Å². The first-order valence-corrected chi connectivity index (χ1v) is 9.23. The Morgan fingerprint density at radius 3 is 2.65 bits per heavy atom. The quantitative estimate of drug-likeness (QED) is 0.353. The van der Waals surface area contributed by atoms with Crippen molar-refractivity contribution < 1.29 is 18.3 Å². The average Bonchev–Trinajstić information content (AvgIpc) is 2.58. The Kier molecular flexibility index (Phi) is 9.06. The summed E-state index contributed by atoms with van der Waals surface area (Å²) in [5.74, 6) is -3.14. The third-order valence-corrected chi connectivity index (χ3v) is 4.50. The van der Waals surface area contributed by atoms with Crippen LogP contribution in [0.25, 0.3) is 0 Å². The Balaban J connectivity index is 2.56. The minimum absolute atomic E-state index is 0.166. The highest BCUT2D eigenvalue weighted by molar-refractivity contribution is 6.34. The van der Waals surface area contributed by atoms with Gasteiger partial charge in [0.2, 0.25) is 0 Å². The second-order valence-electron chi connectivity index (χ2n) is 6.56. The lowest BCUT2D eigenvalue weighted by Gasteiger charge is -2.26. The van der Waals surface area contributed by atoms with Gasteiger partial charge in [-0.15, -0.1) is 6.58 Å². The highest BCUT2D eigenvalue weighted by atomic mass is 35.5. The minimum Gasteiger partial charge on any atom is -0.494 e. The molecule has 1 rings (SSSR count). The van der Waals surface area contributed by atoms with Crippen molar-refractivity contribution in [2.24, 2.45) is 5.92 Å². The van der Waals surface area contributed by atoms with Crippen LogP contribution >= 0.6 is 11.6 Å². The van der Waals surface area contributed by atoms with Crippen molar-refractivity contribution in [1.82, 2.24) is 4.90 Å². The number of alkyl halides is 2. The third-order valence-electron chi connectivity index (χ3n) is 4.19. The molecule has 0 saturated carbocycles. The molecular weight excluding hydrogens is 360 g/mol. The normalized spacial score (nSPS) is 12.5. The van der Waals surface area contributed by atoms with Gasteiger partial charge in [-0.05, 0) is 37.5 Å². The summed E-state index contributed by atoms with van der Waals surface area (Å²) in [5.41, 5.74) is 0.377. The zero-order chi connectivity index (χ0) is 19.7. The van der Waals surface area contributed by atoms with Gasteiger partial charge in [-0.25, -0.2) is 8.78 Å². The van der Waals surface area contributed by atoms with Gasteiger partial charge < -0.3 is 9.64 Å². The largest absolute Gasteiger partial charge is 0.494 e. The molecule has 0 N–H and O–H groups in total. The van der Waals surface area contributed by atoms with Gasteiger partial charge in [-0.1, -0.05) is 31.0 Å². The van der Waals surface area contributed by atoms with E-state index in [1.165, 1.54) is 11.0 Å². The van der Waals surface area contributed by atoms with Crippen LogP contribution in [0.15, 0.2) is 30.9 Å². The first-order chi connectivity index (χ1) is 12.2. The monoisotopic (exact) mass is 387 g/mol. The lowest BCUT2D eigenvalue weighted by atomic mass is 9.90. The van der Waals surface area contributed by atoms with Crippen LogP contribution in [0, 0.1) is 5.92 Å². The van der Waals surface area contributed by atoms with E-state index >= 15 is 0 Å². The van der Waals surface area contributed by atoms with Crippen LogP contribution in [0.2, 0.25) is 5.02 Å². The molecule has 0 saturated heterocycles. The Bertz CT molecular complexity index is 605. The molecule has 1 atom stereocenters. The number of benzene rings is 1. The molecule has 1 aromatic rings. The number of allylic oxidation sites excluding steroid dienone is 1. The number of halogens is 3. The molecule has 0 aliphatic carbocycles. The molecule has 0 heterocycles. The van der Waals surface area contributed by atoms with Crippen molar-refractivity contribution in [1.29, 1.82) is 0 Å². The fourth-order valence-electron chi connectivity index (χ4n) is 2.75. The molecule has 3 nitrogen and oxygen atoms in total. The molecule has 1 amide bonds. The van der Waals surface area contributed by atoms with Crippen molar-refractivity contribution in [3.8, 4) is 5.75 Å². The van der Waals surface area contributed by atoms with E-state index in [1.54, 1.807) is 32.3 Å². The molecule has 0 spiro atoms. The van der Waals surface area contributed by atoms with Crippen molar-refractivity contribution in [3.63, 3.8) is 0 Å². The number of rotatable bonds is 11. The SMILES string of the molecule is C=CCC(CCC)C(F)(F)CCCOc1ccc(C(=O)N(C)C)c(Cl)c1. The van der Waals surface area contributed by atoms with Crippen LogP contribution in [0.4, 0.5) is 8.78 Å². The number of amides is 1. The first kappa shape index (κ1) is 22.4. The van der Waals surface area contributed by atoms with Crippen LogP contribution in [0.5, 0.6) is 5.75 Å². The van der Waals surface area contributed by atoms with Crippen molar-refractivity contribution in [2.75, 3.05) is 20.7 Å². The molecular formula is C20H28ClF2NO2. The highest BCUT2D eigenvalue weighted by Gasteiger charge is 2.37. The zero-order valence-electron chi connectivity index (χ0n) is 15.7. The molecule has 0 aliphatic heterocycles. The van der Waals surface area contributed by atoms with E-state index in [2.05, 4.69) is 6.58 Å². The Morgan fingerprint density at radius 1 is 1.42 bits per heavy atom. The van der Waals surface area contributed by atoms with Crippen molar-refractivity contribution >= 4 is 17.5 Å². The summed E-state index contributed by atoms with van der Waals surface area (Å²) in [4.78, 5) is 13.4. The molecule has 1 unspecified atom stereocenters. The summed E-state index contributed by atoms with van der Waals surface area (Å²) in [5, 5.41) is 0.278. The third kappa shape index (κ3) is 6.60. The number of carbonyl (C=O) groups excluding carboxylic acids is 1. The Hall–Kier alpha value is -1.62. The number of hydrogen-bond acceptors (Lipinski definition) is 2. The van der Waals surface area contributed by atoms with Gasteiger partial charge in [0, 0.05) is 26.4 Å².